The lowest BCUT2D eigenvalue weighted by Crippen LogP contribution is -2.50. The Balaban J connectivity index is 4.50. The number of hydrogen-bond acceptors (Lipinski definition) is 5. The number of alkyl halides is 2. The van der Waals surface area contributed by atoms with Crippen molar-refractivity contribution in [3.8, 4) is 0 Å². The van der Waals surface area contributed by atoms with Crippen LogP contribution in [0.2, 0.25) is 0 Å². The van der Waals surface area contributed by atoms with E-state index in [4.69, 9.17) is 15.3 Å². The van der Waals surface area contributed by atoms with Gasteiger partial charge in [-0.05, 0) is 6.92 Å². The highest BCUT2D eigenvalue weighted by Crippen LogP contribution is 2.22. The first-order valence-electron chi connectivity index (χ1n) is 3.89. The summed E-state index contributed by atoms with van der Waals surface area (Å²) in [6.45, 7) is -0.0185. The van der Waals surface area contributed by atoms with Crippen LogP contribution < -0.4 is 0 Å². The topological polar surface area (TPSA) is 87.0 Å². The summed E-state index contributed by atoms with van der Waals surface area (Å²) in [7, 11) is 0. The van der Waals surface area contributed by atoms with Crippen LogP contribution in [0.1, 0.15) is 6.92 Å². The molecule has 0 bridgehead atoms. The molecule has 0 rings (SSSR count). The van der Waals surface area contributed by atoms with Crippen molar-refractivity contribution >= 4 is 5.97 Å². The molecule has 0 saturated heterocycles. The zero-order valence-electron chi connectivity index (χ0n) is 7.48. The smallest absolute Gasteiger partial charge is 0.379 e. The van der Waals surface area contributed by atoms with Crippen molar-refractivity contribution < 1.29 is 33.6 Å². The molecule has 0 aromatic rings. The Bertz CT molecular complexity index is 197. The molecule has 0 heterocycles. The van der Waals surface area contributed by atoms with E-state index in [0.717, 1.165) is 0 Å². The number of carbonyl (C=O) groups excluding carboxylic acids is 1. The van der Waals surface area contributed by atoms with E-state index in [1.54, 1.807) is 0 Å². The minimum absolute atomic E-state index is 0.267. The normalized spacial score (nSPS) is 16.1. The van der Waals surface area contributed by atoms with Gasteiger partial charge in [-0.25, -0.2) is 4.79 Å². The zero-order chi connectivity index (χ0) is 11.4. The van der Waals surface area contributed by atoms with E-state index in [1.165, 1.54) is 6.92 Å². The molecule has 84 valence electrons. The van der Waals surface area contributed by atoms with Gasteiger partial charge in [0, 0.05) is 0 Å². The number of carbonyl (C=O) groups is 1. The molecule has 2 atom stereocenters. The van der Waals surface area contributed by atoms with Gasteiger partial charge in [0.25, 0.3) is 0 Å². The number of ether oxygens (including phenoxy) is 1. The molecule has 5 nitrogen and oxygen atoms in total. The van der Waals surface area contributed by atoms with Gasteiger partial charge in [0.15, 0.2) is 6.10 Å². The summed E-state index contributed by atoms with van der Waals surface area (Å²) in [6, 6.07) is 0. The second-order valence-corrected chi connectivity index (χ2v) is 2.54. The molecule has 0 saturated carbocycles. The van der Waals surface area contributed by atoms with Gasteiger partial charge >= 0.3 is 11.9 Å². The zero-order valence-corrected chi connectivity index (χ0v) is 7.48. The summed E-state index contributed by atoms with van der Waals surface area (Å²) in [6.07, 6.45) is -4.76. The number of aliphatic hydroxyl groups is 3. The lowest BCUT2D eigenvalue weighted by Gasteiger charge is -2.23. The van der Waals surface area contributed by atoms with Crippen molar-refractivity contribution in [3.05, 3.63) is 0 Å². The van der Waals surface area contributed by atoms with Crippen LogP contribution >= 0.6 is 0 Å². The fourth-order valence-electron chi connectivity index (χ4n) is 0.690. The Labute approximate surface area is 78.9 Å². The van der Waals surface area contributed by atoms with E-state index in [9.17, 15) is 13.6 Å². The maximum Gasteiger partial charge on any atom is 0.379 e. The number of rotatable bonds is 5. The summed E-state index contributed by atoms with van der Waals surface area (Å²) in [5, 5.41) is 25.8. The fourth-order valence-corrected chi connectivity index (χ4v) is 0.690. The average Bonchev–Trinajstić information content (AvgIpc) is 2.15. The van der Waals surface area contributed by atoms with Gasteiger partial charge in [0.05, 0.1) is 13.2 Å². The van der Waals surface area contributed by atoms with Gasteiger partial charge in [-0.3, -0.25) is 0 Å². The van der Waals surface area contributed by atoms with Crippen LogP contribution in [0.25, 0.3) is 0 Å². The predicted molar refractivity (Wildman–Crippen MR) is 40.7 cm³/mol. The third kappa shape index (κ3) is 2.86. The van der Waals surface area contributed by atoms with Crippen molar-refractivity contribution in [2.75, 3.05) is 13.2 Å². The first-order valence-corrected chi connectivity index (χ1v) is 3.89. The molecule has 1 unspecified atom stereocenters. The minimum Gasteiger partial charge on any atom is -0.461 e. The van der Waals surface area contributed by atoms with E-state index < -0.39 is 30.7 Å². The van der Waals surface area contributed by atoms with Gasteiger partial charge in [0.1, 0.15) is 6.10 Å². The largest absolute Gasteiger partial charge is 0.461 e. The third-order valence-electron chi connectivity index (χ3n) is 1.47. The SMILES string of the molecule is CCOC(=O)C(F)(F)C(O)[C@H](O)CO. The van der Waals surface area contributed by atoms with Gasteiger partial charge in [-0.1, -0.05) is 0 Å². The van der Waals surface area contributed by atoms with Gasteiger partial charge in [-0.15, -0.1) is 0 Å². The summed E-state index contributed by atoms with van der Waals surface area (Å²) < 4.78 is 29.7. The molecular formula is C7H12F2O5. The van der Waals surface area contributed by atoms with Crippen molar-refractivity contribution in [3.63, 3.8) is 0 Å². The first kappa shape index (κ1) is 13.2. The Morgan fingerprint density at radius 1 is 1.50 bits per heavy atom. The van der Waals surface area contributed by atoms with Crippen molar-refractivity contribution in [2.45, 2.75) is 25.1 Å². The van der Waals surface area contributed by atoms with Crippen LogP contribution in [-0.2, 0) is 9.53 Å². The van der Waals surface area contributed by atoms with Crippen LogP contribution in [0.5, 0.6) is 0 Å². The highest BCUT2D eigenvalue weighted by Gasteiger charge is 2.51. The van der Waals surface area contributed by atoms with E-state index in [2.05, 4.69) is 4.74 Å². The number of halogens is 2. The predicted octanol–water partition coefficient (Wildman–Crippen LogP) is -1.10. The second kappa shape index (κ2) is 5.18. The molecule has 14 heavy (non-hydrogen) atoms. The Kier molecular flexibility index (Phi) is 4.89. The average molecular weight is 214 g/mol. The molecule has 0 radical (unpaired) electrons. The molecule has 0 spiro atoms. The van der Waals surface area contributed by atoms with E-state index in [0.29, 0.717) is 0 Å². The highest BCUT2D eigenvalue weighted by atomic mass is 19.3. The molecule has 0 aliphatic heterocycles. The summed E-state index contributed by atoms with van der Waals surface area (Å²) in [5.41, 5.74) is 0. The summed E-state index contributed by atoms with van der Waals surface area (Å²) in [4.78, 5) is 10.6. The Morgan fingerprint density at radius 3 is 2.36 bits per heavy atom. The second-order valence-electron chi connectivity index (χ2n) is 2.54. The standard InChI is InChI=1S/C7H12F2O5/c1-2-14-6(13)7(8,9)5(12)4(11)3-10/h4-5,10-12H,2-3H2,1H3/t4-,5?/m1/s1. The van der Waals surface area contributed by atoms with Crippen LogP contribution in [0.15, 0.2) is 0 Å². The van der Waals surface area contributed by atoms with Crippen molar-refractivity contribution in [1.29, 1.82) is 0 Å². The van der Waals surface area contributed by atoms with Crippen molar-refractivity contribution in [2.24, 2.45) is 0 Å². The maximum absolute atomic E-state index is 12.8. The highest BCUT2D eigenvalue weighted by molar-refractivity contribution is 5.78. The van der Waals surface area contributed by atoms with Crippen molar-refractivity contribution in [1.82, 2.24) is 0 Å². The minimum atomic E-state index is -4.22. The van der Waals surface area contributed by atoms with Crippen LogP contribution in [0.3, 0.4) is 0 Å². The lowest BCUT2D eigenvalue weighted by atomic mass is 10.1. The van der Waals surface area contributed by atoms with Gasteiger partial charge in [-0.2, -0.15) is 8.78 Å². The maximum atomic E-state index is 12.8. The molecule has 0 aromatic carbocycles. The summed E-state index contributed by atoms with van der Waals surface area (Å²) >= 11 is 0. The van der Waals surface area contributed by atoms with E-state index >= 15 is 0 Å². The molecule has 3 N–H and O–H groups in total. The molecule has 0 aliphatic rings. The number of hydrogen-bond donors (Lipinski definition) is 3. The fraction of sp³-hybridized carbons (Fsp3) is 0.857. The van der Waals surface area contributed by atoms with Crippen LogP contribution in [0.4, 0.5) is 8.78 Å². The van der Waals surface area contributed by atoms with Crippen LogP contribution in [0, 0.1) is 0 Å². The Hall–Kier alpha value is -0.790. The van der Waals surface area contributed by atoms with Gasteiger partial charge in [0.2, 0.25) is 0 Å². The monoisotopic (exact) mass is 214 g/mol. The molecule has 7 heteroatoms. The van der Waals surface area contributed by atoms with Gasteiger partial charge < -0.3 is 20.1 Å². The number of aliphatic hydroxyl groups excluding tert-OH is 3. The van der Waals surface area contributed by atoms with E-state index in [-0.39, 0.29) is 6.61 Å². The summed E-state index contributed by atoms with van der Waals surface area (Å²) in [5.74, 6) is -6.15. The molecule has 0 amide bonds. The third-order valence-corrected chi connectivity index (χ3v) is 1.47. The molecule has 0 aliphatic carbocycles. The van der Waals surface area contributed by atoms with E-state index in [1.807, 2.05) is 0 Å². The quantitative estimate of drug-likeness (QED) is 0.505. The molecule has 0 fully saturated rings. The molecule has 0 aromatic heterocycles. The number of esters is 1. The van der Waals surface area contributed by atoms with Crippen LogP contribution in [-0.4, -0.2) is 52.6 Å². The Morgan fingerprint density at radius 2 is 2.00 bits per heavy atom. The lowest BCUT2D eigenvalue weighted by molar-refractivity contribution is -0.201. The molecular weight excluding hydrogens is 202 g/mol. The first-order chi connectivity index (χ1) is 6.37.